The number of hydrogen-bond acceptors (Lipinski definition) is 2. The zero-order valence-electron chi connectivity index (χ0n) is 5.81. The minimum atomic E-state index is 0. The van der Waals surface area contributed by atoms with Crippen molar-refractivity contribution in [2.24, 2.45) is 11.5 Å². The van der Waals surface area contributed by atoms with E-state index in [1.807, 2.05) is 0 Å². The van der Waals surface area contributed by atoms with Gasteiger partial charge in [-0.15, -0.1) is 0 Å². The molecular weight excluding hydrogens is 152 g/mol. The molecule has 0 spiro atoms. The third-order valence-electron chi connectivity index (χ3n) is 1.16. The summed E-state index contributed by atoms with van der Waals surface area (Å²) in [5.74, 6) is 0. The van der Waals surface area contributed by atoms with Gasteiger partial charge in [0.05, 0.1) is 0 Å². The van der Waals surface area contributed by atoms with Crippen molar-refractivity contribution in [1.82, 2.24) is 0 Å². The van der Waals surface area contributed by atoms with Gasteiger partial charge < -0.3 is 11.5 Å². The molecule has 9 heavy (non-hydrogen) atoms. The minimum absolute atomic E-state index is 0. The van der Waals surface area contributed by atoms with E-state index in [1.165, 1.54) is 12.8 Å². The van der Waals surface area contributed by atoms with Gasteiger partial charge in [0.1, 0.15) is 0 Å². The summed E-state index contributed by atoms with van der Waals surface area (Å²) in [5.41, 5.74) is 10.6. The molecule has 0 rings (SSSR count). The molecule has 0 amide bonds. The van der Waals surface area contributed by atoms with Gasteiger partial charge in [-0.3, -0.25) is 0 Å². The summed E-state index contributed by atoms with van der Waals surface area (Å²) in [4.78, 5) is 0. The van der Waals surface area contributed by atoms with Gasteiger partial charge in [0.2, 0.25) is 0 Å². The van der Waals surface area contributed by atoms with E-state index in [2.05, 4.69) is 0 Å². The van der Waals surface area contributed by atoms with Crippen LogP contribution in [0.25, 0.3) is 0 Å². The maximum absolute atomic E-state index is 5.28. The molecule has 0 bridgehead atoms. The number of nitrogens with two attached hydrogens (primary N) is 2. The van der Waals surface area contributed by atoms with Crippen molar-refractivity contribution in [3.63, 3.8) is 0 Å². The van der Waals surface area contributed by atoms with Crippen LogP contribution in [0.4, 0.5) is 0 Å². The maximum Gasteiger partial charge on any atom is 0 e. The third kappa shape index (κ3) is 11.8. The molecule has 0 saturated heterocycles. The molecule has 0 saturated carbocycles. The van der Waals surface area contributed by atoms with E-state index >= 15 is 0 Å². The smallest absolute Gasteiger partial charge is 0 e. The van der Waals surface area contributed by atoms with Gasteiger partial charge in [-0.1, -0.05) is 12.8 Å². The van der Waals surface area contributed by atoms with E-state index in [1.54, 1.807) is 0 Å². The first-order valence-electron chi connectivity index (χ1n) is 3.32. The third-order valence-corrected chi connectivity index (χ3v) is 1.16. The topological polar surface area (TPSA) is 52.0 Å². The molecule has 2 nitrogen and oxygen atoms in total. The predicted octanol–water partition coefficient (Wildman–Crippen LogP) is 0.462. The van der Waals surface area contributed by atoms with Crippen molar-refractivity contribution < 1.29 is 17.4 Å². The maximum atomic E-state index is 5.28. The van der Waals surface area contributed by atoms with Gasteiger partial charge in [0.25, 0.3) is 0 Å². The first kappa shape index (κ1) is 12.2. The van der Waals surface area contributed by atoms with Crippen LogP contribution in [0.15, 0.2) is 0 Å². The van der Waals surface area contributed by atoms with Crippen LogP contribution in [0, 0.1) is 0 Å². The molecule has 0 unspecified atom stereocenters. The Balaban J connectivity index is 0. The fourth-order valence-corrected chi connectivity index (χ4v) is 0.642. The van der Waals surface area contributed by atoms with Crippen molar-refractivity contribution in [3.05, 3.63) is 0 Å². The fourth-order valence-electron chi connectivity index (χ4n) is 0.642. The summed E-state index contributed by atoms with van der Waals surface area (Å²) in [6.07, 6.45) is 4.79. The fraction of sp³-hybridized carbons (Fsp3) is 1.00. The molecule has 0 atom stereocenters. The molecular formula is C6H16CrN2. The molecule has 0 radical (unpaired) electrons. The van der Waals surface area contributed by atoms with Gasteiger partial charge >= 0.3 is 0 Å². The SMILES string of the molecule is NCCCCCCN.[Cr]. The van der Waals surface area contributed by atoms with Crippen LogP contribution in [0.3, 0.4) is 0 Å². The van der Waals surface area contributed by atoms with E-state index in [0.29, 0.717) is 0 Å². The molecule has 0 aromatic carbocycles. The minimum Gasteiger partial charge on any atom is -0.330 e. The van der Waals surface area contributed by atoms with Crippen LogP contribution in [-0.4, -0.2) is 13.1 Å². The monoisotopic (exact) mass is 168 g/mol. The van der Waals surface area contributed by atoms with Crippen molar-refractivity contribution in [1.29, 1.82) is 0 Å². The molecule has 56 valence electrons. The number of hydrogen-bond donors (Lipinski definition) is 2. The van der Waals surface area contributed by atoms with Gasteiger partial charge in [-0.2, -0.15) is 0 Å². The summed E-state index contributed by atoms with van der Waals surface area (Å²) < 4.78 is 0. The van der Waals surface area contributed by atoms with Crippen LogP contribution in [0.2, 0.25) is 0 Å². The Hall–Kier alpha value is 0.452. The second kappa shape index (κ2) is 11.3. The zero-order valence-corrected chi connectivity index (χ0v) is 7.08. The summed E-state index contributed by atoms with van der Waals surface area (Å²) in [6, 6.07) is 0. The van der Waals surface area contributed by atoms with E-state index in [9.17, 15) is 0 Å². The Morgan fingerprint density at radius 2 is 1.00 bits per heavy atom. The van der Waals surface area contributed by atoms with E-state index in [0.717, 1.165) is 25.9 Å². The quantitative estimate of drug-likeness (QED) is 0.586. The average molecular weight is 168 g/mol. The molecule has 0 aromatic rings. The van der Waals surface area contributed by atoms with E-state index in [-0.39, 0.29) is 17.4 Å². The normalized spacial score (nSPS) is 8.67. The Kier molecular flexibility index (Phi) is 15.2. The van der Waals surface area contributed by atoms with Crippen LogP contribution < -0.4 is 11.5 Å². The molecule has 0 aliphatic rings. The zero-order chi connectivity index (χ0) is 6.24. The second-order valence-corrected chi connectivity index (χ2v) is 1.99. The van der Waals surface area contributed by atoms with Gasteiger partial charge in [-0.25, -0.2) is 0 Å². The number of rotatable bonds is 5. The van der Waals surface area contributed by atoms with E-state index in [4.69, 9.17) is 11.5 Å². The summed E-state index contributed by atoms with van der Waals surface area (Å²) >= 11 is 0. The second-order valence-electron chi connectivity index (χ2n) is 1.99. The van der Waals surface area contributed by atoms with Crippen LogP contribution in [-0.2, 0) is 17.4 Å². The Morgan fingerprint density at radius 1 is 0.667 bits per heavy atom. The van der Waals surface area contributed by atoms with Crippen molar-refractivity contribution in [2.45, 2.75) is 25.7 Å². The number of unbranched alkanes of at least 4 members (excludes halogenated alkanes) is 3. The summed E-state index contributed by atoms with van der Waals surface area (Å²) in [7, 11) is 0. The summed E-state index contributed by atoms with van der Waals surface area (Å²) in [6.45, 7) is 1.65. The van der Waals surface area contributed by atoms with Gasteiger partial charge in [0, 0.05) is 17.4 Å². The van der Waals surface area contributed by atoms with Crippen LogP contribution in [0.1, 0.15) is 25.7 Å². The molecule has 0 heterocycles. The molecule has 0 fully saturated rings. The van der Waals surface area contributed by atoms with Gasteiger partial charge in [-0.05, 0) is 25.9 Å². The van der Waals surface area contributed by atoms with Crippen LogP contribution >= 0.6 is 0 Å². The standard InChI is InChI=1S/C6H16N2.Cr/c7-5-3-1-2-4-6-8;/h1-8H2;. The Labute approximate surface area is 68.1 Å². The van der Waals surface area contributed by atoms with Gasteiger partial charge in [0.15, 0.2) is 0 Å². The Bertz CT molecular complexity index is 36.0. The van der Waals surface area contributed by atoms with Crippen molar-refractivity contribution in [2.75, 3.05) is 13.1 Å². The Morgan fingerprint density at radius 3 is 1.22 bits per heavy atom. The van der Waals surface area contributed by atoms with Crippen molar-refractivity contribution in [3.8, 4) is 0 Å². The molecule has 3 heteroatoms. The largest absolute Gasteiger partial charge is 0.330 e. The molecule has 4 N–H and O–H groups in total. The van der Waals surface area contributed by atoms with Crippen LogP contribution in [0.5, 0.6) is 0 Å². The summed E-state index contributed by atoms with van der Waals surface area (Å²) in [5, 5.41) is 0. The molecule has 0 aromatic heterocycles. The first-order valence-corrected chi connectivity index (χ1v) is 3.32. The van der Waals surface area contributed by atoms with E-state index < -0.39 is 0 Å². The predicted molar refractivity (Wildman–Crippen MR) is 36.6 cm³/mol. The average Bonchev–Trinajstić information content (AvgIpc) is 1.81. The molecule has 0 aliphatic heterocycles. The molecule has 0 aliphatic carbocycles. The first-order chi connectivity index (χ1) is 3.91. The van der Waals surface area contributed by atoms with Crippen molar-refractivity contribution >= 4 is 0 Å².